The summed E-state index contributed by atoms with van der Waals surface area (Å²) >= 11 is 10.1. The number of benzene rings is 4. The van der Waals surface area contributed by atoms with Gasteiger partial charge >= 0.3 is 12.7 Å². The molecule has 0 aromatic heterocycles. The molecule has 4 aromatic carbocycles. The lowest BCUT2D eigenvalue weighted by atomic mass is 10.3. The molecule has 2 atom stereocenters. The predicted molar refractivity (Wildman–Crippen MR) is 187 cm³/mol. The molecule has 0 aliphatic carbocycles. The number of halogens is 9. The Morgan fingerprint density at radius 1 is 0.627 bits per heavy atom. The van der Waals surface area contributed by atoms with E-state index >= 15 is 0 Å². The minimum absolute atomic E-state index is 0.00820. The van der Waals surface area contributed by atoms with Gasteiger partial charge in [0.05, 0.1) is 4.83 Å². The number of ether oxygens (including phenoxy) is 3. The van der Waals surface area contributed by atoms with Crippen molar-refractivity contribution in [2.75, 3.05) is 22.9 Å². The molecule has 2 unspecified atom stereocenters. The predicted octanol–water partition coefficient (Wildman–Crippen LogP) is 9.77. The van der Waals surface area contributed by atoms with Gasteiger partial charge in [0.15, 0.2) is 6.10 Å². The minimum Gasteiger partial charge on any atom is -0.508 e. The van der Waals surface area contributed by atoms with E-state index in [1.54, 1.807) is 4.90 Å². The van der Waals surface area contributed by atoms with Gasteiger partial charge in [0.2, 0.25) is 5.91 Å². The summed E-state index contributed by atoms with van der Waals surface area (Å²) in [4.78, 5) is 27.5. The number of aromatic hydroxyl groups is 1. The summed E-state index contributed by atoms with van der Waals surface area (Å²) in [5.74, 6) is -1.01. The smallest absolute Gasteiger partial charge is 0.508 e. The van der Waals surface area contributed by atoms with E-state index in [1.807, 2.05) is 53.4 Å². The molecule has 1 N–H and O–H groups in total. The second-order valence-electron chi connectivity index (χ2n) is 10.7. The molecule has 272 valence electrons. The second kappa shape index (κ2) is 17.5. The highest BCUT2D eigenvalue weighted by molar-refractivity contribution is 9.10. The monoisotopic (exact) mass is 910 g/mol. The van der Waals surface area contributed by atoms with Crippen molar-refractivity contribution in [1.82, 2.24) is 0 Å². The largest absolute Gasteiger partial charge is 0.573 e. The van der Waals surface area contributed by atoms with Crippen molar-refractivity contribution >= 4 is 71.0 Å². The lowest BCUT2D eigenvalue weighted by Crippen LogP contribution is -2.32. The third kappa shape index (κ3) is 12.6. The van der Waals surface area contributed by atoms with Crippen LogP contribution in [0, 0.1) is 0 Å². The lowest BCUT2D eigenvalue weighted by molar-refractivity contribution is -0.275. The maximum atomic E-state index is 12.5. The molecule has 0 radical (unpaired) electrons. The standard InChI is InChI=1S/C17H13BrF3NO3.C10H9Br2NO.C7H5F3O2/c18-11-4-6-12(7-5-11)22-9-8-15(16(22)23)24-13-2-1-3-14(10-13)25-17(19,20)21;11-7-1-3-8(4-2-7)13-6-5-9(12)10(13)14;8-7(9,10)12-6-3-1-2-5(11)4-6/h1-7,10,15H,8-9H2;1-4,9H,5-6H2;1-4,11H. The molecular formula is C34H27Br3F6N2O6. The Bertz CT molecular complexity index is 1780. The molecule has 0 spiro atoms. The van der Waals surface area contributed by atoms with Gasteiger partial charge in [0.25, 0.3) is 5.91 Å². The fourth-order valence-electron chi connectivity index (χ4n) is 4.75. The van der Waals surface area contributed by atoms with Gasteiger partial charge in [0.1, 0.15) is 23.0 Å². The summed E-state index contributed by atoms with van der Waals surface area (Å²) in [7, 11) is 0. The Kier molecular flexibility index (Phi) is 13.7. The summed E-state index contributed by atoms with van der Waals surface area (Å²) in [5.41, 5.74) is 1.72. The van der Waals surface area contributed by atoms with Crippen LogP contribution in [0.5, 0.6) is 23.0 Å². The van der Waals surface area contributed by atoms with Crippen molar-refractivity contribution in [3.8, 4) is 23.0 Å². The summed E-state index contributed by atoms with van der Waals surface area (Å²) in [6.07, 6.45) is -8.91. The number of phenols is 1. The van der Waals surface area contributed by atoms with Gasteiger partial charge in [-0.2, -0.15) is 0 Å². The summed E-state index contributed by atoms with van der Waals surface area (Å²) in [5, 5.41) is 8.76. The molecule has 51 heavy (non-hydrogen) atoms. The number of carbonyl (C=O) groups excluding carboxylic acids is 2. The molecule has 2 saturated heterocycles. The minimum atomic E-state index is -4.78. The Hall–Kier alpha value is -3.96. The van der Waals surface area contributed by atoms with Gasteiger partial charge in [-0.1, -0.05) is 59.9 Å². The Morgan fingerprint density at radius 2 is 1.08 bits per heavy atom. The highest BCUT2D eigenvalue weighted by Crippen LogP contribution is 2.30. The van der Waals surface area contributed by atoms with E-state index in [9.17, 15) is 35.9 Å². The van der Waals surface area contributed by atoms with Crippen molar-refractivity contribution in [3.63, 3.8) is 0 Å². The van der Waals surface area contributed by atoms with Gasteiger partial charge < -0.3 is 29.1 Å². The molecule has 2 aliphatic heterocycles. The highest BCUT2D eigenvalue weighted by atomic mass is 79.9. The fourth-order valence-corrected chi connectivity index (χ4v) is 5.73. The molecule has 0 saturated carbocycles. The Labute approximate surface area is 313 Å². The first-order chi connectivity index (χ1) is 24.0. The van der Waals surface area contributed by atoms with E-state index in [2.05, 4.69) is 57.3 Å². The number of hydrogen-bond acceptors (Lipinski definition) is 6. The van der Waals surface area contributed by atoms with Crippen molar-refractivity contribution in [1.29, 1.82) is 0 Å². The summed E-state index contributed by atoms with van der Waals surface area (Å²) < 4.78 is 86.4. The van der Waals surface area contributed by atoms with Crippen LogP contribution >= 0.6 is 47.8 Å². The average molecular weight is 913 g/mol. The van der Waals surface area contributed by atoms with Crippen molar-refractivity contribution in [3.05, 3.63) is 106 Å². The topological polar surface area (TPSA) is 88.5 Å². The van der Waals surface area contributed by atoms with Crippen LogP contribution in [0.1, 0.15) is 12.8 Å². The number of hydrogen-bond donors (Lipinski definition) is 1. The van der Waals surface area contributed by atoms with Crippen LogP contribution in [0.3, 0.4) is 0 Å². The Balaban J connectivity index is 0.000000189. The van der Waals surface area contributed by atoms with Crippen LogP contribution < -0.4 is 24.0 Å². The number of alkyl halides is 7. The maximum Gasteiger partial charge on any atom is 0.573 e. The second-order valence-corrected chi connectivity index (χ2v) is 13.6. The molecular weight excluding hydrogens is 886 g/mol. The first-order valence-electron chi connectivity index (χ1n) is 14.8. The molecule has 2 fully saturated rings. The van der Waals surface area contributed by atoms with Gasteiger partial charge in [-0.25, -0.2) is 0 Å². The molecule has 2 heterocycles. The molecule has 2 aliphatic rings. The van der Waals surface area contributed by atoms with Crippen LogP contribution in [-0.2, 0) is 9.59 Å². The maximum absolute atomic E-state index is 12.5. The van der Waals surface area contributed by atoms with Gasteiger partial charge in [0, 0.05) is 52.0 Å². The van der Waals surface area contributed by atoms with Crippen molar-refractivity contribution < 1.29 is 55.2 Å². The first-order valence-corrected chi connectivity index (χ1v) is 17.3. The summed E-state index contributed by atoms with van der Waals surface area (Å²) in [6, 6.07) is 24.7. The van der Waals surface area contributed by atoms with Crippen LogP contribution in [0.4, 0.5) is 37.7 Å². The SMILES string of the molecule is O=C1C(Br)CCN1c1ccc(Br)cc1.O=C1C(Oc2cccc(OC(F)(F)F)c2)CCN1c1ccc(Br)cc1.Oc1cccc(OC(F)(F)F)c1. The van der Waals surface area contributed by atoms with Crippen LogP contribution in [0.25, 0.3) is 0 Å². The molecule has 0 bridgehead atoms. The van der Waals surface area contributed by atoms with E-state index in [0.29, 0.717) is 13.0 Å². The number of anilines is 2. The average Bonchev–Trinajstić information content (AvgIpc) is 3.57. The molecule has 4 aromatic rings. The number of amides is 2. The van der Waals surface area contributed by atoms with E-state index in [1.165, 1.54) is 30.3 Å². The van der Waals surface area contributed by atoms with Crippen LogP contribution in [-0.4, -0.2) is 53.7 Å². The normalized spacial score (nSPS) is 17.3. The number of carbonyl (C=O) groups is 2. The third-order valence-electron chi connectivity index (χ3n) is 6.94. The van der Waals surface area contributed by atoms with Crippen molar-refractivity contribution in [2.45, 2.75) is 36.5 Å². The number of nitrogens with zero attached hydrogens (tertiary/aromatic N) is 2. The zero-order valence-corrected chi connectivity index (χ0v) is 30.8. The molecule has 8 nitrogen and oxygen atoms in total. The zero-order chi connectivity index (χ0) is 37.3. The van der Waals surface area contributed by atoms with Crippen LogP contribution in [0.2, 0.25) is 0 Å². The van der Waals surface area contributed by atoms with E-state index < -0.39 is 24.6 Å². The van der Waals surface area contributed by atoms with Gasteiger partial charge in [-0.05, 0) is 79.2 Å². The number of phenolic OH excluding ortho intramolecular Hbond substituents is 1. The molecule has 17 heteroatoms. The third-order valence-corrected chi connectivity index (χ3v) is 8.85. The van der Waals surface area contributed by atoms with Gasteiger partial charge in [-0.3, -0.25) is 9.59 Å². The lowest BCUT2D eigenvalue weighted by Gasteiger charge is -2.17. The van der Waals surface area contributed by atoms with Crippen LogP contribution in [0.15, 0.2) is 106 Å². The molecule has 6 rings (SSSR count). The first kappa shape index (κ1) is 39.8. The van der Waals surface area contributed by atoms with Crippen molar-refractivity contribution in [2.24, 2.45) is 0 Å². The Morgan fingerprint density at radius 3 is 1.55 bits per heavy atom. The molecule has 2 amide bonds. The van der Waals surface area contributed by atoms with Gasteiger partial charge in [-0.15, -0.1) is 26.3 Å². The fraction of sp³-hybridized carbons (Fsp3) is 0.235. The zero-order valence-electron chi connectivity index (χ0n) is 26.0. The highest BCUT2D eigenvalue weighted by Gasteiger charge is 2.35. The summed E-state index contributed by atoms with van der Waals surface area (Å²) in [6.45, 7) is 1.28. The van der Waals surface area contributed by atoms with E-state index in [4.69, 9.17) is 9.84 Å². The van der Waals surface area contributed by atoms with E-state index in [0.717, 1.165) is 51.5 Å². The van der Waals surface area contributed by atoms with E-state index in [-0.39, 0.29) is 33.9 Å². The number of rotatable bonds is 6. The quantitative estimate of drug-likeness (QED) is 0.153.